The number of benzene rings is 1. The number of methoxy groups -OCH3 is 2. The van der Waals surface area contributed by atoms with E-state index in [0.717, 1.165) is 5.56 Å². The fourth-order valence-corrected chi connectivity index (χ4v) is 2.06. The van der Waals surface area contributed by atoms with Crippen LogP contribution in [-0.2, 0) is 6.61 Å². The molecule has 1 rings (SSSR count). The monoisotopic (exact) mass is 275 g/mol. The quantitative estimate of drug-likeness (QED) is 0.827. The van der Waals surface area contributed by atoms with Crippen LogP contribution in [0.2, 0.25) is 0 Å². The van der Waals surface area contributed by atoms with Crippen LogP contribution in [0.4, 0.5) is 5.69 Å². The van der Waals surface area contributed by atoms with Crippen molar-refractivity contribution in [3.63, 3.8) is 0 Å². The molecule has 0 heterocycles. The second-order valence-electron chi connectivity index (χ2n) is 3.06. The van der Waals surface area contributed by atoms with E-state index in [0.29, 0.717) is 27.2 Å². The summed E-state index contributed by atoms with van der Waals surface area (Å²) in [6.45, 7) is 1.69. The van der Waals surface area contributed by atoms with E-state index < -0.39 is 0 Å². The molecule has 0 saturated heterocycles. The molecule has 0 spiro atoms. The number of anilines is 1. The molecule has 0 aromatic heterocycles. The van der Waals surface area contributed by atoms with Gasteiger partial charge < -0.3 is 20.3 Å². The zero-order valence-electron chi connectivity index (χ0n) is 8.93. The summed E-state index contributed by atoms with van der Waals surface area (Å²) in [5.41, 5.74) is 7.74. The highest BCUT2D eigenvalue weighted by Gasteiger charge is 2.19. The third kappa shape index (κ3) is 1.89. The topological polar surface area (TPSA) is 64.7 Å². The van der Waals surface area contributed by atoms with Crippen LogP contribution >= 0.6 is 15.9 Å². The summed E-state index contributed by atoms with van der Waals surface area (Å²) in [5, 5.41) is 9.24. The fraction of sp³-hybridized carbons (Fsp3) is 0.400. The molecular formula is C10H14BrNO3. The molecule has 0 aliphatic carbocycles. The lowest BCUT2D eigenvalue weighted by Crippen LogP contribution is -2.03. The number of ether oxygens (including phenoxy) is 2. The summed E-state index contributed by atoms with van der Waals surface area (Å²) in [7, 11) is 3.09. The Morgan fingerprint density at radius 3 is 2.20 bits per heavy atom. The van der Waals surface area contributed by atoms with Gasteiger partial charge in [0, 0.05) is 11.1 Å². The molecule has 84 valence electrons. The van der Waals surface area contributed by atoms with Crippen molar-refractivity contribution >= 4 is 21.6 Å². The van der Waals surface area contributed by atoms with Crippen molar-refractivity contribution in [1.29, 1.82) is 0 Å². The maximum Gasteiger partial charge on any atom is 0.149 e. The van der Waals surface area contributed by atoms with E-state index in [2.05, 4.69) is 15.9 Å². The molecule has 0 radical (unpaired) electrons. The number of aliphatic hydroxyl groups is 1. The van der Waals surface area contributed by atoms with Crippen LogP contribution in [0.15, 0.2) is 4.47 Å². The van der Waals surface area contributed by atoms with Crippen LogP contribution in [0.25, 0.3) is 0 Å². The van der Waals surface area contributed by atoms with Crippen LogP contribution in [0.5, 0.6) is 11.5 Å². The minimum absolute atomic E-state index is 0.140. The van der Waals surface area contributed by atoms with Crippen molar-refractivity contribution in [3.05, 3.63) is 15.6 Å². The van der Waals surface area contributed by atoms with E-state index in [1.807, 2.05) is 6.92 Å². The summed E-state index contributed by atoms with van der Waals surface area (Å²) < 4.78 is 11.0. The van der Waals surface area contributed by atoms with Crippen molar-refractivity contribution in [3.8, 4) is 11.5 Å². The molecule has 0 saturated carbocycles. The highest BCUT2D eigenvalue weighted by Crippen LogP contribution is 2.43. The minimum atomic E-state index is -0.140. The third-order valence-corrected chi connectivity index (χ3v) is 3.17. The molecule has 1 aromatic rings. The van der Waals surface area contributed by atoms with Crippen molar-refractivity contribution in [2.75, 3.05) is 20.0 Å². The van der Waals surface area contributed by atoms with Crippen LogP contribution < -0.4 is 15.2 Å². The zero-order valence-corrected chi connectivity index (χ0v) is 10.5. The van der Waals surface area contributed by atoms with Crippen LogP contribution in [0.3, 0.4) is 0 Å². The van der Waals surface area contributed by atoms with E-state index in [4.69, 9.17) is 15.2 Å². The van der Waals surface area contributed by atoms with Gasteiger partial charge in [0.25, 0.3) is 0 Å². The minimum Gasteiger partial charge on any atom is -0.496 e. The molecule has 0 amide bonds. The zero-order chi connectivity index (χ0) is 11.6. The smallest absolute Gasteiger partial charge is 0.149 e. The molecule has 0 aliphatic rings. The molecule has 0 atom stereocenters. The normalized spacial score (nSPS) is 10.2. The van der Waals surface area contributed by atoms with Gasteiger partial charge in [0.1, 0.15) is 11.5 Å². The lowest BCUT2D eigenvalue weighted by atomic mass is 10.1. The molecule has 3 N–H and O–H groups in total. The molecule has 0 unspecified atom stereocenters. The van der Waals surface area contributed by atoms with Gasteiger partial charge in [0.2, 0.25) is 0 Å². The third-order valence-electron chi connectivity index (χ3n) is 2.27. The highest BCUT2D eigenvalue weighted by atomic mass is 79.9. The van der Waals surface area contributed by atoms with Gasteiger partial charge in [-0.15, -0.1) is 0 Å². The Balaban J connectivity index is 3.57. The maximum absolute atomic E-state index is 9.24. The number of nitrogen functional groups attached to an aromatic ring is 1. The number of hydrogen-bond acceptors (Lipinski definition) is 4. The summed E-state index contributed by atoms with van der Waals surface area (Å²) in [5.74, 6) is 1.16. The molecule has 0 aliphatic heterocycles. The average Bonchev–Trinajstić information content (AvgIpc) is 2.23. The largest absolute Gasteiger partial charge is 0.496 e. The van der Waals surface area contributed by atoms with Gasteiger partial charge in [0.15, 0.2) is 0 Å². The SMILES string of the molecule is COc1c(C)c(OC)c(CO)c(Br)c1N. The number of rotatable bonds is 3. The van der Waals surface area contributed by atoms with Gasteiger partial charge in [-0.05, 0) is 22.9 Å². The summed E-state index contributed by atoms with van der Waals surface area (Å²) in [6, 6.07) is 0. The van der Waals surface area contributed by atoms with Crippen LogP contribution in [0.1, 0.15) is 11.1 Å². The van der Waals surface area contributed by atoms with E-state index in [1.165, 1.54) is 0 Å². The molecule has 0 fully saturated rings. The Morgan fingerprint density at radius 1 is 1.27 bits per heavy atom. The Morgan fingerprint density at radius 2 is 1.80 bits per heavy atom. The van der Waals surface area contributed by atoms with Gasteiger partial charge in [-0.25, -0.2) is 0 Å². The first-order valence-corrected chi connectivity index (χ1v) is 5.17. The maximum atomic E-state index is 9.24. The van der Waals surface area contributed by atoms with E-state index >= 15 is 0 Å². The van der Waals surface area contributed by atoms with Gasteiger partial charge in [0.05, 0.1) is 31.0 Å². The van der Waals surface area contributed by atoms with E-state index in [9.17, 15) is 5.11 Å². The Hall–Kier alpha value is -0.940. The lowest BCUT2D eigenvalue weighted by Gasteiger charge is -2.17. The van der Waals surface area contributed by atoms with Crippen molar-refractivity contribution in [2.24, 2.45) is 0 Å². The van der Waals surface area contributed by atoms with Crippen molar-refractivity contribution in [2.45, 2.75) is 13.5 Å². The second-order valence-corrected chi connectivity index (χ2v) is 3.85. The standard InChI is InChI=1S/C10H14BrNO3/c1-5-9(14-2)6(4-13)7(11)8(12)10(5)15-3/h13H,4,12H2,1-3H3. The first kappa shape index (κ1) is 12.1. The molecule has 1 aromatic carbocycles. The van der Waals surface area contributed by atoms with Gasteiger partial charge in [-0.1, -0.05) is 0 Å². The number of aliphatic hydroxyl groups excluding tert-OH is 1. The number of halogens is 1. The van der Waals surface area contributed by atoms with Crippen LogP contribution in [0, 0.1) is 6.92 Å². The summed E-state index contributed by atoms with van der Waals surface area (Å²) >= 11 is 3.31. The predicted molar refractivity (Wildman–Crippen MR) is 62.3 cm³/mol. The van der Waals surface area contributed by atoms with Gasteiger partial charge >= 0.3 is 0 Å². The van der Waals surface area contributed by atoms with Gasteiger partial charge in [-0.2, -0.15) is 0 Å². The molecule has 0 bridgehead atoms. The molecule has 4 nitrogen and oxygen atoms in total. The van der Waals surface area contributed by atoms with Crippen molar-refractivity contribution < 1.29 is 14.6 Å². The summed E-state index contributed by atoms with van der Waals surface area (Å²) in [4.78, 5) is 0. The summed E-state index contributed by atoms with van der Waals surface area (Å²) in [6.07, 6.45) is 0. The Bertz CT molecular complexity index is 380. The van der Waals surface area contributed by atoms with Crippen molar-refractivity contribution in [1.82, 2.24) is 0 Å². The van der Waals surface area contributed by atoms with Crippen LogP contribution in [-0.4, -0.2) is 19.3 Å². The number of hydrogen-bond donors (Lipinski definition) is 2. The number of nitrogens with two attached hydrogens (primary N) is 1. The van der Waals surface area contributed by atoms with E-state index in [-0.39, 0.29) is 6.61 Å². The lowest BCUT2D eigenvalue weighted by molar-refractivity contribution is 0.272. The first-order chi connectivity index (χ1) is 7.08. The first-order valence-electron chi connectivity index (χ1n) is 4.37. The molecule has 5 heteroatoms. The Kier molecular flexibility index (Phi) is 3.82. The molecular weight excluding hydrogens is 262 g/mol. The Labute approximate surface area is 97.1 Å². The van der Waals surface area contributed by atoms with Gasteiger partial charge in [-0.3, -0.25) is 0 Å². The second kappa shape index (κ2) is 4.72. The van der Waals surface area contributed by atoms with E-state index in [1.54, 1.807) is 14.2 Å². The predicted octanol–water partition coefficient (Wildman–Crippen LogP) is 1.85. The highest BCUT2D eigenvalue weighted by molar-refractivity contribution is 9.10. The fourth-order valence-electron chi connectivity index (χ4n) is 1.57. The average molecular weight is 276 g/mol. The molecule has 15 heavy (non-hydrogen) atoms.